The fraction of sp³-hybridized carbons (Fsp3) is 0.533. The van der Waals surface area contributed by atoms with E-state index < -0.39 is 8.32 Å². The lowest BCUT2D eigenvalue weighted by Gasteiger charge is -2.36. The van der Waals surface area contributed by atoms with Crippen molar-refractivity contribution >= 4 is 25.7 Å². The zero-order valence-corrected chi connectivity index (χ0v) is 14.0. The lowest BCUT2D eigenvalue weighted by atomic mass is 10.1. The van der Waals surface area contributed by atoms with Gasteiger partial charge in [-0.1, -0.05) is 32.4 Å². The van der Waals surface area contributed by atoms with E-state index in [0.717, 1.165) is 17.7 Å². The summed E-state index contributed by atoms with van der Waals surface area (Å²) in [5.41, 5.74) is 1.73. The lowest BCUT2D eigenvalue weighted by molar-refractivity contribution is 0.0994. The van der Waals surface area contributed by atoms with Crippen LogP contribution in [0, 0.1) is 0 Å². The van der Waals surface area contributed by atoms with Crippen molar-refractivity contribution in [1.82, 2.24) is 0 Å². The molecule has 0 saturated heterocycles. The van der Waals surface area contributed by atoms with Crippen molar-refractivity contribution in [2.24, 2.45) is 0 Å². The molecule has 0 radical (unpaired) electrons. The highest BCUT2D eigenvalue weighted by molar-refractivity contribution is 6.74. The van der Waals surface area contributed by atoms with Crippen molar-refractivity contribution < 1.29 is 9.22 Å². The van der Waals surface area contributed by atoms with Crippen molar-refractivity contribution in [2.75, 3.05) is 0 Å². The molecule has 0 aliphatic heterocycles. The molecule has 1 aromatic carbocycles. The number of hydrogen-bond acceptors (Lipinski definition) is 2. The van der Waals surface area contributed by atoms with Crippen molar-refractivity contribution in [1.29, 1.82) is 0 Å². The number of Topliss-reactive ketones (excluding diaryl/α,β-unsaturated/α-hetero) is 1. The highest BCUT2D eigenvalue weighted by atomic mass is 35.5. The largest absolute Gasteiger partial charge is 0.543 e. The molecule has 0 heterocycles. The highest BCUT2D eigenvalue weighted by Gasteiger charge is 2.39. The van der Waals surface area contributed by atoms with Crippen LogP contribution in [0.3, 0.4) is 0 Å². The van der Waals surface area contributed by atoms with Crippen molar-refractivity contribution in [3.05, 3.63) is 28.3 Å². The molecule has 0 atom stereocenters. The number of ketones is 1. The molecule has 1 aliphatic carbocycles. The molecule has 0 amide bonds. The van der Waals surface area contributed by atoms with Gasteiger partial charge in [0.05, 0.1) is 5.02 Å². The quantitative estimate of drug-likeness (QED) is 0.729. The highest BCUT2D eigenvalue weighted by Crippen LogP contribution is 2.39. The second kappa shape index (κ2) is 4.64. The van der Waals surface area contributed by atoms with E-state index in [2.05, 4.69) is 33.9 Å². The van der Waals surface area contributed by atoms with Gasteiger partial charge in [0.15, 0.2) is 5.78 Å². The molecule has 104 valence electrons. The number of aryl methyl sites for hydroxylation is 1. The zero-order valence-electron chi connectivity index (χ0n) is 12.3. The Morgan fingerprint density at radius 3 is 2.42 bits per heavy atom. The summed E-state index contributed by atoms with van der Waals surface area (Å²) in [7, 11) is -1.86. The normalized spacial score (nSPS) is 15.6. The molecule has 0 bridgehead atoms. The first kappa shape index (κ1) is 14.6. The fourth-order valence-corrected chi connectivity index (χ4v) is 3.37. The Hall–Kier alpha value is -0.803. The van der Waals surface area contributed by atoms with E-state index >= 15 is 0 Å². The van der Waals surface area contributed by atoms with Gasteiger partial charge in [0.2, 0.25) is 8.32 Å². The molecule has 1 aliphatic rings. The maximum atomic E-state index is 11.7. The maximum absolute atomic E-state index is 11.7. The van der Waals surface area contributed by atoms with Crippen LogP contribution in [-0.4, -0.2) is 14.1 Å². The van der Waals surface area contributed by atoms with E-state index in [1.54, 1.807) is 6.07 Å². The van der Waals surface area contributed by atoms with Crippen LogP contribution in [0.15, 0.2) is 12.1 Å². The monoisotopic (exact) mass is 296 g/mol. The second-order valence-corrected chi connectivity index (χ2v) is 11.9. The van der Waals surface area contributed by atoms with Crippen LogP contribution >= 0.6 is 11.6 Å². The van der Waals surface area contributed by atoms with E-state index in [9.17, 15) is 4.79 Å². The van der Waals surface area contributed by atoms with Gasteiger partial charge < -0.3 is 4.43 Å². The molecule has 2 nitrogen and oxygen atoms in total. The van der Waals surface area contributed by atoms with E-state index in [0.29, 0.717) is 17.0 Å². The third-order valence-corrected chi connectivity index (χ3v) is 8.88. The summed E-state index contributed by atoms with van der Waals surface area (Å²) >= 11 is 6.23. The van der Waals surface area contributed by atoms with Crippen molar-refractivity contribution in [2.45, 2.75) is 51.7 Å². The minimum Gasteiger partial charge on any atom is -0.543 e. The van der Waals surface area contributed by atoms with Gasteiger partial charge in [0.25, 0.3) is 0 Å². The smallest absolute Gasteiger partial charge is 0.250 e. The fourth-order valence-electron chi connectivity index (χ4n) is 2.03. The Kier molecular flexibility index (Phi) is 3.56. The SMILES string of the molecule is CC(C)(C)[Si](C)(C)Oc1cc(Cl)c2c(c1)CCC2=O. The standard InChI is InChI=1S/C15H21ClO2Si/c1-15(2,3)19(4,5)18-11-8-10-6-7-13(17)14(10)12(16)9-11/h8-9H,6-7H2,1-5H3. The van der Waals surface area contributed by atoms with Gasteiger partial charge in [-0.3, -0.25) is 4.79 Å². The average Bonchev–Trinajstić information content (AvgIpc) is 2.58. The van der Waals surface area contributed by atoms with Gasteiger partial charge in [-0.25, -0.2) is 0 Å². The molecule has 19 heavy (non-hydrogen) atoms. The van der Waals surface area contributed by atoms with Gasteiger partial charge in [-0.15, -0.1) is 0 Å². The molecule has 4 heteroatoms. The first-order valence-electron chi connectivity index (χ1n) is 6.66. The van der Waals surface area contributed by atoms with Gasteiger partial charge in [0.1, 0.15) is 5.75 Å². The number of fused-ring (bicyclic) bond motifs is 1. The summed E-state index contributed by atoms with van der Waals surface area (Å²) in [6, 6.07) is 3.79. The molecule has 1 aromatic rings. The van der Waals surface area contributed by atoms with E-state index in [4.69, 9.17) is 16.0 Å². The Morgan fingerprint density at radius 2 is 1.84 bits per heavy atom. The summed E-state index contributed by atoms with van der Waals surface area (Å²) < 4.78 is 6.25. The number of rotatable bonds is 2. The minimum atomic E-state index is -1.86. The van der Waals surface area contributed by atoms with Crippen molar-refractivity contribution in [3.8, 4) is 5.75 Å². The Balaban J connectivity index is 2.34. The number of halogens is 1. The topological polar surface area (TPSA) is 26.3 Å². The molecular formula is C15H21ClO2Si. The van der Waals surface area contributed by atoms with Gasteiger partial charge in [-0.05, 0) is 42.2 Å². The number of benzene rings is 1. The molecule has 0 spiro atoms. The van der Waals surface area contributed by atoms with E-state index in [1.807, 2.05) is 6.07 Å². The minimum absolute atomic E-state index is 0.147. The molecule has 0 N–H and O–H groups in total. The number of carbonyl (C=O) groups excluding carboxylic acids is 1. The summed E-state index contributed by atoms with van der Waals surface area (Å²) in [6.07, 6.45) is 1.35. The molecule has 2 rings (SSSR count). The summed E-state index contributed by atoms with van der Waals surface area (Å²) in [4.78, 5) is 11.7. The Bertz CT molecular complexity index is 530. The van der Waals surface area contributed by atoms with Gasteiger partial charge in [-0.2, -0.15) is 0 Å². The zero-order chi connectivity index (χ0) is 14.4. The van der Waals surface area contributed by atoms with Crippen LogP contribution in [0.25, 0.3) is 0 Å². The molecule has 0 aromatic heterocycles. The van der Waals surface area contributed by atoms with Crippen LogP contribution in [0.4, 0.5) is 0 Å². The third-order valence-electron chi connectivity index (χ3n) is 4.22. The lowest BCUT2D eigenvalue weighted by Crippen LogP contribution is -2.43. The Morgan fingerprint density at radius 1 is 1.21 bits per heavy atom. The van der Waals surface area contributed by atoms with E-state index in [1.165, 1.54) is 0 Å². The van der Waals surface area contributed by atoms with Crippen molar-refractivity contribution in [3.63, 3.8) is 0 Å². The van der Waals surface area contributed by atoms with Crippen LogP contribution in [0.5, 0.6) is 5.75 Å². The summed E-state index contributed by atoms with van der Waals surface area (Å²) in [6.45, 7) is 11.0. The third kappa shape index (κ3) is 2.72. The van der Waals surface area contributed by atoms with Crippen LogP contribution in [0.1, 0.15) is 43.1 Å². The molecule has 0 saturated carbocycles. The van der Waals surface area contributed by atoms with E-state index in [-0.39, 0.29) is 10.8 Å². The molecule has 0 unspecified atom stereocenters. The first-order chi connectivity index (χ1) is 8.62. The van der Waals surface area contributed by atoms with Crippen LogP contribution in [-0.2, 0) is 6.42 Å². The molecule has 0 fully saturated rings. The van der Waals surface area contributed by atoms with Crippen LogP contribution in [0.2, 0.25) is 23.2 Å². The van der Waals surface area contributed by atoms with Gasteiger partial charge >= 0.3 is 0 Å². The average molecular weight is 297 g/mol. The Labute approximate surface area is 121 Å². The maximum Gasteiger partial charge on any atom is 0.250 e. The second-order valence-electron chi connectivity index (χ2n) is 6.72. The predicted octanol–water partition coefficient (Wildman–Crippen LogP) is 4.85. The number of carbonyl (C=O) groups is 1. The first-order valence-corrected chi connectivity index (χ1v) is 9.95. The molecular weight excluding hydrogens is 276 g/mol. The number of hydrogen-bond donors (Lipinski definition) is 0. The predicted molar refractivity (Wildman–Crippen MR) is 81.9 cm³/mol. The summed E-state index contributed by atoms with van der Waals surface area (Å²) in [5.74, 6) is 0.962. The van der Waals surface area contributed by atoms with Gasteiger partial charge in [0, 0.05) is 12.0 Å². The summed E-state index contributed by atoms with van der Waals surface area (Å²) in [5, 5.41) is 0.683. The van der Waals surface area contributed by atoms with Crippen LogP contribution < -0.4 is 4.43 Å².